The first kappa shape index (κ1) is 51.0. The summed E-state index contributed by atoms with van der Waals surface area (Å²) in [7, 11) is 0. The molecule has 0 bridgehead atoms. The van der Waals surface area contributed by atoms with Crippen LogP contribution in [0.15, 0.2) is 72.2 Å². The molecule has 4 fully saturated rings. The highest BCUT2D eigenvalue weighted by Gasteiger charge is 2.64. The van der Waals surface area contributed by atoms with Gasteiger partial charge in [-0.1, -0.05) is 75.7 Å². The standard InChI is InChI=1S/C53H65ClN8O7S/c1-32(35-13-15-36(16-14-35)46-33(2)56-31-70-46)57-48(66)43-24-40(63)27-62(43)49(67)45(39-29-68-30-39)58-44(64)28-61-22-20-60(21-23-61)19-7-8-34-9-11-37(12-10-34)47(65)59-50-52(3,4)51(53(50,5)6)69-41-18-17-38(26-55)42(54)25-41/h9-18,25,31-32,39-40,43,45,50-51,63H,7-8,19-24,27-30H2,1-6H3,(H,57,66)(H,58,64)(H,59,65)/t32-,40+,43-,45?,50?,51?/m0/s1. The first-order valence-corrected chi connectivity index (χ1v) is 25.6. The van der Waals surface area contributed by atoms with Crippen LogP contribution in [0, 0.1) is 35.0 Å². The van der Waals surface area contributed by atoms with Gasteiger partial charge in [-0.05, 0) is 74.2 Å². The minimum absolute atomic E-state index is 0.00844. The highest BCUT2D eigenvalue weighted by atomic mass is 35.5. The molecule has 1 aliphatic carbocycles. The molecule has 0 radical (unpaired) electrons. The number of nitrogens with zero attached hydrogens (tertiary/aromatic N) is 5. The molecule has 1 unspecified atom stereocenters. The number of nitriles is 1. The predicted molar refractivity (Wildman–Crippen MR) is 268 cm³/mol. The zero-order valence-electron chi connectivity index (χ0n) is 40.9. The Morgan fingerprint density at radius 1 is 0.971 bits per heavy atom. The van der Waals surface area contributed by atoms with Gasteiger partial charge < -0.3 is 40.3 Å². The van der Waals surface area contributed by atoms with Crippen LogP contribution < -0.4 is 20.7 Å². The third-order valence-electron chi connectivity index (χ3n) is 14.8. The summed E-state index contributed by atoms with van der Waals surface area (Å²) >= 11 is 7.84. The van der Waals surface area contributed by atoms with E-state index in [4.69, 9.17) is 21.1 Å². The quantitative estimate of drug-likeness (QED) is 0.101. The Labute approximate surface area is 419 Å². The molecule has 4 aliphatic rings. The second kappa shape index (κ2) is 21.5. The Morgan fingerprint density at radius 2 is 1.66 bits per heavy atom. The second-order valence-corrected chi connectivity index (χ2v) is 21.8. The zero-order valence-corrected chi connectivity index (χ0v) is 42.4. The van der Waals surface area contributed by atoms with Gasteiger partial charge in [0.1, 0.15) is 30.0 Å². The number of aromatic nitrogens is 1. The Hall–Kier alpha value is -5.41. The van der Waals surface area contributed by atoms with Crippen LogP contribution in [0.2, 0.25) is 5.02 Å². The summed E-state index contributed by atoms with van der Waals surface area (Å²) in [5.74, 6) is -0.758. The number of aliphatic hydroxyl groups excluding tert-OH is 1. The Morgan fingerprint density at radius 3 is 2.27 bits per heavy atom. The maximum atomic E-state index is 14.2. The number of carbonyl (C=O) groups excluding carboxylic acids is 4. The lowest BCUT2D eigenvalue weighted by atomic mass is 9.49. The number of aryl methyl sites for hydroxylation is 2. The highest BCUT2D eigenvalue weighted by molar-refractivity contribution is 7.13. The van der Waals surface area contributed by atoms with E-state index in [-0.39, 0.29) is 78.1 Å². The lowest BCUT2D eigenvalue weighted by molar-refractivity contribution is -0.164. The number of β-amino-alcohol motifs (C(OH)–C–C–N with tert-alkyl or cyclic N) is 1. The number of aliphatic hydroxyl groups is 1. The molecule has 1 aromatic heterocycles. The monoisotopic (exact) mass is 992 g/mol. The van der Waals surface area contributed by atoms with Crippen molar-refractivity contribution in [1.29, 1.82) is 5.26 Å². The first-order chi connectivity index (χ1) is 33.4. The lowest BCUT2D eigenvalue weighted by Gasteiger charge is -2.63. The summed E-state index contributed by atoms with van der Waals surface area (Å²) in [4.78, 5) is 66.3. The first-order valence-electron chi connectivity index (χ1n) is 24.3. The van der Waals surface area contributed by atoms with E-state index in [0.717, 1.165) is 59.7 Å². The maximum Gasteiger partial charge on any atom is 0.251 e. The van der Waals surface area contributed by atoms with Crippen LogP contribution in [-0.4, -0.2) is 138 Å². The summed E-state index contributed by atoms with van der Waals surface area (Å²) in [5, 5.41) is 29.6. The highest BCUT2D eigenvalue weighted by Crippen LogP contribution is 2.55. The van der Waals surface area contributed by atoms with Crippen molar-refractivity contribution in [1.82, 2.24) is 35.6 Å². The van der Waals surface area contributed by atoms with E-state index in [0.29, 0.717) is 48.2 Å². The third-order valence-corrected chi connectivity index (χ3v) is 16.1. The number of amides is 4. The van der Waals surface area contributed by atoms with Gasteiger partial charge in [0.2, 0.25) is 17.7 Å². The normalized spacial score (nSPS) is 23.0. The van der Waals surface area contributed by atoms with Crippen molar-refractivity contribution >= 4 is 46.6 Å². The number of hydrogen-bond acceptors (Lipinski definition) is 12. The molecule has 0 spiro atoms. The van der Waals surface area contributed by atoms with Crippen molar-refractivity contribution in [3.8, 4) is 22.3 Å². The molecule has 4 heterocycles. The molecule has 1 saturated carbocycles. The van der Waals surface area contributed by atoms with Crippen LogP contribution in [0.1, 0.15) is 86.2 Å². The van der Waals surface area contributed by atoms with E-state index in [9.17, 15) is 29.5 Å². The van der Waals surface area contributed by atoms with Gasteiger partial charge in [0, 0.05) is 73.6 Å². The number of hydrogen-bond donors (Lipinski definition) is 4. The Bertz CT molecular complexity index is 2550. The number of ether oxygens (including phenoxy) is 2. The number of thiazole rings is 1. The van der Waals surface area contributed by atoms with Gasteiger partial charge in [-0.25, -0.2) is 4.98 Å². The molecular formula is C53H65ClN8O7S. The summed E-state index contributed by atoms with van der Waals surface area (Å²) < 4.78 is 11.8. The van der Waals surface area contributed by atoms with Crippen LogP contribution >= 0.6 is 22.9 Å². The summed E-state index contributed by atoms with van der Waals surface area (Å²) in [6.07, 6.45) is 0.868. The molecule has 8 rings (SSSR count). The van der Waals surface area contributed by atoms with Crippen LogP contribution in [0.25, 0.3) is 10.4 Å². The van der Waals surface area contributed by atoms with Crippen LogP contribution in [0.5, 0.6) is 5.75 Å². The Kier molecular flexibility index (Phi) is 15.7. The number of halogens is 1. The largest absolute Gasteiger partial charge is 0.489 e. The fraction of sp³-hybridized carbons (Fsp3) is 0.509. The zero-order chi connectivity index (χ0) is 49.9. The van der Waals surface area contributed by atoms with Crippen LogP contribution in [0.4, 0.5) is 0 Å². The fourth-order valence-corrected chi connectivity index (χ4v) is 12.0. The fourth-order valence-electron chi connectivity index (χ4n) is 10.9. The SMILES string of the molecule is Cc1ncsc1-c1ccc([C@H](C)NC(=O)[C@@H]2C[C@@H](O)CN2C(=O)C(NC(=O)CN2CCN(CCCc3ccc(C(=O)NC4C(C)(C)C(Oc5ccc(C#N)c(Cl)c5)C4(C)C)cc3)CC2)C2COC2)cc1. The lowest BCUT2D eigenvalue weighted by Crippen LogP contribution is -2.74. The van der Waals surface area contributed by atoms with Crippen molar-refractivity contribution in [3.63, 3.8) is 0 Å². The van der Waals surface area contributed by atoms with E-state index in [1.807, 2.05) is 67.9 Å². The molecule has 4 atom stereocenters. The topological polar surface area (TPSA) is 189 Å². The van der Waals surface area contributed by atoms with E-state index < -0.39 is 18.2 Å². The average Bonchev–Trinajstić information content (AvgIpc) is 3.94. The predicted octanol–water partition coefficient (Wildman–Crippen LogP) is 5.78. The van der Waals surface area contributed by atoms with Crippen molar-refractivity contribution in [3.05, 3.63) is 105 Å². The van der Waals surface area contributed by atoms with Crippen molar-refractivity contribution < 1.29 is 33.8 Å². The van der Waals surface area contributed by atoms with Gasteiger partial charge in [0.25, 0.3) is 5.91 Å². The van der Waals surface area contributed by atoms with Crippen molar-refractivity contribution in [2.24, 2.45) is 16.7 Å². The molecule has 17 heteroatoms. The molecule has 70 heavy (non-hydrogen) atoms. The van der Waals surface area contributed by atoms with Gasteiger partial charge >= 0.3 is 0 Å². The summed E-state index contributed by atoms with van der Waals surface area (Å²) in [6, 6.07) is 20.7. The van der Waals surface area contributed by atoms with E-state index in [1.54, 1.807) is 29.5 Å². The molecule has 3 aliphatic heterocycles. The number of benzene rings is 3. The molecule has 3 saturated heterocycles. The average molecular weight is 994 g/mol. The maximum absolute atomic E-state index is 14.2. The Balaban J connectivity index is 0.759. The molecule has 372 valence electrons. The number of piperazine rings is 1. The number of nitrogens with one attached hydrogen (secondary N) is 3. The molecule has 4 N–H and O–H groups in total. The summed E-state index contributed by atoms with van der Waals surface area (Å²) in [5.41, 5.74) is 6.17. The molecular weight excluding hydrogens is 928 g/mol. The smallest absolute Gasteiger partial charge is 0.251 e. The molecule has 3 aromatic carbocycles. The van der Waals surface area contributed by atoms with Gasteiger partial charge in [-0.3, -0.25) is 24.1 Å². The van der Waals surface area contributed by atoms with Gasteiger partial charge in [0.15, 0.2) is 0 Å². The van der Waals surface area contributed by atoms with Crippen LogP contribution in [-0.2, 0) is 25.5 Å². The summed E-state index contributed by atoms with van der Waals surface area (Å²) in [6.45, 7) is 17.0. The minimum Gasteiger partial charge on any atom is -0.489 e. The van der Waals surface area contributed by atoms with Gasteiger partial charge in [-0.15, -0.1) is 11.3 Å². The molecule has 4 aromatic rings. The van der Waals surface area contributed by atoms with Crippen molar-refractivity contribution in [2.75, 3.05) is 59.0 Å². The van der Waals surface area contributed by atoms with Gasteiger partial charge in [-0.2, -0.15) is 5.26 Å². The third kappa shape index (κ3) is 11.2. The van der Waals surface area contributed by atoms with Crippen molar-refractivity contribution in [2.45, 2.75) is 97.2 Å². The van der Waals surface area contributed by atoms with Gasteiger partial charge in [0.05, 0.1) is 58.6 Å². The molecule has 15 nitrogen and oxygen atoms in total. The number of carbonyl (C=O) groups is 4. The van der Waals surface area contributed by atoms with E-state index in [1.165, 1.54) is 4.90 Å². The number of likely N-dealkylation sites (tertiary alicyclic amines) is 1. The number of rotatable bonds is 17. The minimum atomic E-state index is -0.874. The van der Waals surface area contributed by atoms with E-state index >= 15 is 0 Å². The second-order valence-electron chi connectivity index (χ2n) is 20.6. The van der Waals surface area contributed by atoms with E-state index in [2.05, 4.69) is 64.5 Å². The van der Waals surface area contributed by atoms with Crippen LogP contribution in [0.3, 0.4) is 0 Å². The molecule has 4 amide bonds.